The van der Waals surface area contributed by atoms with Gasteiger partial charge < -0.3 is 4.90 Å². The number of hydrogen-bond donors (Lipinski definition) is 0. The lowest BCUT2D eigenvalue weighted by Crippen LogP contribution is -2.52. The van der Waals surface area contributed by atoms with Gasteiger partial charge in [0.1, 0.15) is 6.04 Å². The summed E-state index contributed by atoms with van der Waals surface area (Å²) in [5.41, 5.74) is 0. The van der Waals surface area contributed by atoms with Gasteiger partial charge in [0.2, 0.25) is 15.9 Å². The lowest BCUT2D eigenvalue weighted by atomic mass is 10.0. The van der Waals surface area contributed by atoms with Crippen LogP contribution in [0.2, 0.25) is 0 Å². The van der Waals surface area contributed by atoms with Crippen molar-refractivity contribution in [3.8, 4) is 0 Å². The minimum atomic E-state index is -3.28. The second-order valence-corrected chi connectivity index (χ2v) is 7.56. The van der Waals surface area contributed by atoms with E-state index in [2.05, 4.69) is 0 Å². The molecule has 1 unspecified atom stereocenters. The number of amides is 1. The third-order valence-electron chi connectivity index (χ3n) is 4.08. The van der Waals surface area contributed by atoms with Crippen LogP contribution in [0, 0.1) is 0 Å². The molecule has 2 fully saturated rings. The van der Waals surface area contributed by atoms with Crippen molar-refractivity contribution in [2.75, 3.05) is 25.9 Å². The molecule has 0 radical (unpaired) electrons. The number of nitrogens with zero attached hydrogens (tertiary/aromatic N) is 2. The third kappa shape index (κ3) is 3.69. The van der Waals surface area contributed by atoms with Crippen LogP contribution >= 0.6 is 0 Å². The molecule has 2 aliphatic rings. The van der Waals surface area contributed by atoms with Crippen LogP contribution in [0.1, 0.15) is 44.9 Å². The highest BCUT2D eigenvalue weighted by molar-refractivity contribution is 7.88. The molecule has 5 nitrogen and oxygen atoms in total. The molecule has 0 spiro atoms. The fourth-order valence-electron chi connectivity index (χ4n) is 3.05. The Bertz CT molecular complexity index is 414. The Morgan fingerprint density at radius 3 is 2.11 bits per heavy atom. The average Bonchev–Trinajstić information content (AvgIpc) is 2.66. The van der Waals surface area contributed by atoms with Gasteiger partial charge >= 0.3 is 0 Å². The Morgan fingerprint density at radius 1 is 0.947 bits per heavy atom. The number of rotatable bonds is 2. The molecule has 1 atom stereocenters. The smallest absolute Gasteiger partial charge is 0.241 e. The minimum Gasteiger partial charge on any atom is -0.341 e. The van der Waals surface area contributed by atoms with Gasteiger partial charge in [-0.05, 0) is 25.7 Å². The zero-order valence-electron chi connectivity index (χ0n) is 11.7. The summed E-state index contributed by atoms with van der Waals surface area (Å²) < 4.78 is 25.0. The highest BCUT2D eigenvalue weighted by atomic mass is 32.2. The number of carbonyl (C=O) groups excluding carboxylic acids is 1. The summed E-state index contributed by atoms with van der Waals surface area (Å²) in [4.78, 5) is 14.5. The number of hydrogen-bond acceptors (Lipinski definition) is 3. The van der Waals surface area contributed by atoms with Crippen LogP contribution in [0.4, 0.5) is 0 Å². The van der Waals surface area contributed by atoms with Gasteiger partial charge in [0.25, 0.3) is 0 Å². The maximum Gasteiger partial charge on any atom is 0.241 e. The van der Waals surface area contributed by atoms with E-state index in [0.717, 1.165) is 38.8 Å². The van der Waals surface area contributed by atoms with E-state index >= 15 is 0 Å². The van der Waals surface area contributed by atoms with Crippen molar-refractivity contribution in [1.29, 1.82) is 0 Å². The zero-order chi connectivity index (χ0) is 13.9. The van der Waals surface area contributed by atoms with Crippen molar-refractivity contribution in [2.45, 2.75) is 51.0 Å². The van der Waals surface area contributed by atoms with Crippen LogP contribution in [0.15, 0.2) is 0 Å². The summed E-state index contributed by atoms with van der Waals surface area (Å²) in [6, 6.07) is -0.457. The summed E-state index contributed by atoms with van der Waals surface area (Å²) in [6.07, 6.45) is 8.10. The molecule has 0 aromatic heterocycles. The van der Waals surface area contributed by atoms with Crippen molar-refractivity contribution in [3.63, 3.8) is 0 Å². The van der Waals surface area contributed by atoms with Gasteiger partial charge in [0.15, 0.2) is 0 Å². The van der Waals surface area contributed by atoms with Crippen molar-refractivity contribution >= 4 is 15.9 Å². The van der Waals surface area contributed by atoms with Gasteiger partial charge in [-0.3, -0.25) is 4.79 Å². The Balaban J connectivity index is 2.10. The molecule has 2 rings (SSSR count). The Morgan fingerprint density at radius 2 is 1.53 bits per heavy atom. The van der Waals surface area contributed by atoms with Crippen LogP contribution in [-0.2, 0) is 14.8 Å². The zero-order valence-corrected chi connectivity index (χ0v) is 12.5. The molecular formula is C13H24N2O3S. The average molecular weight is 288 g/mol. The summed E-state index contributed by atoms with van der Waals surface area (Å²) in [5, 5.41) is 0. The van der Waals surface area contributed by atoms with Crippen LogP contribution < -0.4 is 0 Å². The first kappa shape index (κ1) is 14.8. The summed E-state index contributed by atoms with van der Waals surface area (Å²) in [6.45, 7) is 2.06. The van der Waals surface area contributed by atoms with Crippen LogP contribution in [-0.4, -0.2) is 55.5 Å². The van der Waals surface area contributed by atoms with Gasteiger partial charge in [0, 0.05) is 19.6 Å². The molecule has 0 saturated carbocycles. The van der Waals surface area contributed by atoms with Crippen molar-refractivity contribution in [2.24, 2.45) is 0 Å². The van der Waals surface area contributed by atoms with Gasteiger partial charge in [-0.1, -0.05) is 19.3 Å². The molecule has 19 heavy (non-hydrogen) atoms. The quantitative estimate of drug-likeness (QED) is 0.767. The van der Waals surface area contributed by atoms with E-state index in [9.17, 15) is 13.2 Å². The first-order chi connectivity index (χ1) is 9.00. The predicted octanol–water partition coefficient (Wildman–Crippen LogP) is 1.20. The lowest BCUT2D eigenvalue weighted by Gasteiger charge is -2.35. The number of sulfonamides is 1. The van der Waals surface area contributed by atoms with Crippen molar-refractivity contribution in [3.05, 3.63) is 0 Å². The van der Waals surface area contributed by atoms with Crippen molar-refractivity contribution < 1.29 is 13.2 Å². The minimum absolute atomic E-state index is 0.0204. The van der Waals surface area contributed by atoms with Gasteiger partial charge in [-0.2, -0.15) is 4.31 Å². The van der Waals surface area contributed by atoms with Crippen LogP contribution in [0.5, 0.6) is 0 Å². The molecule has 2 heterocycles. The molecule has 0 aromatic carbocycles. The van der Waals surface area contributed by atoms with E-state index < -0.39 is 16.1 Å². The molecule has 0 aliphatic carbocycles. The monoisotopic (exact) mass is 288 g/mol. The fraction of sp³-hybridized carbons (Fsp3) is 0.923. The molecule has 2 aliphatic heterocycles. The highest BCUT2D eigenvalue weighted by Gasteiger charge is 2.36. The van der Waals surface area contributed by atoms with E-state index in [1.54, 1.807) is 0 Å². The topological polar surface area (TPSA) is 57.7 Å². The standard InChI is InChI=1S/C13H24N2O3S/c1-19(17,18)15-11-7-4-8-12(15)13(16)14-9-5-2-3-6-10-14/h12H,2-11H2,1H3. The maximum atomic E-state index is 12.6. The molecule has 0 aromatic rings. The maximum absolute atomic E-state index is 12.6. The lowest BCUT2D eigenvalue weighted by molar-refractivity contribution is -0.136. The van der Waals surface area contributed by atoms with E-state index in [4.69, 9.17) is 0 Å². The summed E-state index contributed by atoms with van der Waals surface area (Å²) in [7, 11) is -3.28. The molecular weight excluding hydrogens is 264 g/mol. The molecule has 2 saturated heterocycles. The number of carbonyl (C=O) groups is 1. The first-order valence-electron chi connectivity index (χ1n) is 7.26. The fourth-order valence-corrected chi connectivity index (χ4v) is 4.17. The van der Waals surface area contributed by atoms with E-state index in [1.165, 1.54) is 23.4 Å². The number of likely N-dealkylation sites (tertiary alicyclic amines) is 1. The van der Waals surface area contributed by atoms with E-state index in [1.807, 2.05) is 4.90 Å². The molecule has 1 amide bonds. The predicted molar refractivity (Wildman–Crippen MR) is 74.2 cm³/mol. The largest absolute Gasteiger partial charge is 0.341 e. The van der Waals surface area contributed by atoms with Gasteiger partial charge in [-0.15, -0.1) is 0 Å². The third-order valence-corrected chi connectivity index (χ3v) is 5.37. The summed E-state index contributed by atoms with van der Waals surface area (Å²) in [5.74, 6) is 0.0204. The van der Waals surface area contributed by atoms with Crippen molar-refractivity contribution in [1.82, 2.24) is 9.21 Å². The Labute approximate surface area is 116 Å². The van der Waals surface area contributed by atoms with Crippen LogP contribution in [0.3, 0.4) is 0 Å². The molecule has 110 valence electrons. The Kier molecular flexibility index (Phi) is 4.84. The second-order valence-electron chi connectivity index (χ2n) is 5.62. The highest BCUT2D eigenvalue weighted by Crippen LogP contribution is 2.23. The van der Waals surface area contributed by atoms with Gasteiger partial charge in [-0.25, -0.2) is 8.42 Å². The second kappa shape index (κ2) is 6.22. The SMILES string of the molecule is CS(=O)(=O)N1CCCCC1C(=O)N1CCCCCC1. The normalized spacial score (nSPS) is 27.0. The van der Waals surface area contributed by atoms with Crippen LogP contribution in [0.25, 0.3) is 0 Å². The van der Waals surface area contributed by atoms with Gasteiger partial charge in [0.05, 0.1) is 6.26 Å². The number of piperidine rings is 1. The Hall–Kier alpha value is -0.620. The summed E-state index contributed by atoms with van der Waals surface area (Å²) >= 11 is 0. The van der Waals surface area contributed by atoms with E-state index in [-0.39, 0.29) is 5.91 Å². The molecule has 6 heteroatoms. The molecule has 0 bridgehead atoms. The molecule has 0 N–H and O–H groups in total. The van der Waals surface area contributed by atoms with E-state index in [0.29, 0.717) is 13.0 Å². The first-order valence-corrected chi connectivity index (χ1v) is 9.10.